The number of anilines is 2. The second-order valence-corrected chi connectivity index (χ2v) is 6.64. The molecule has 8 nitrogen and oxygen atoms in total. The van der Waals surface area contributed by atoms with E-state index in [9.17, 15) is 4.79 Å². The Balaban J connectivity index is 1.33. The minimum Gasteiger partial charge on any atom is -0.353 e. The second-order valence-electron chi connectivity index (χ2n) is 6.64. The maximum atomic E-state index is 11.9. The van der Waals surface area contributed by atoms with E-state index in [4.69, 9.17) is 0 Å². The zero-order chi connectivity index (χ0) is 16.8. The van der Waals surface area contributed by atoms with Gasteiger partial charge in [0.25, 0.3) is 0 Å². The van der Waals surface area contributed by atoms with Gasteiger partial charge in [-0.05, 0) is 25.0 Å². The van der Waals surface area contributed by atoms with Crippen molar-refractivity contribution in [2.75, 3.05) is 29.4 Å². The highest BCUT2D eigenvalue weighted by atomic mass is 16.2. The highest BCUT2D eigenvalue weighted by Crippen LogP contribution is 2.28. The van der Waals surface area contributed by atoms with Gasteiger partial charge in [-0.15, -0.1) is 5.10 Å². The Morgan fingerprint density at radius 3 is 3.04 bits per heavy atom. The van der Waals surface area contributed by atoms with E-state index in [1.54, 1.807) is 10.7 Å². The molecule has 3 aromatic rings. The Bertz CT molecular complexity index is 930. The summed E-state index contributed by atoms with van der Waals surface area (Å²) in [6, 6.07) is 4.30. The average Bonchev–Trinajstić information content (AvgIpc) is 3.39. The van der Waals surface area contributed by atoms with Crippen LogP contribution in [0.3, 0.4) is 0 Å². The number of carbonyl (C=O) groups excluding carboxylic acids is 1. The smallest absolute Gasteiger partial charge is 0.227 e. The molecule has 5 heterocycles. The van der Waals surface area contributed by atoms with E-state index >= 15 is 0 Å². The van der Waals surface area contributed by atoms with Gasteiger partial charge in [0.1, 0.15) is 5.82 Å². The van der Waals surface area contributed by atoms with Crippen molar-refractivity contribution < 1.29 is 4.79 Å². The van der Waals surface area contributed by atoms with Crippen molar-refractivity contribution in [3.63, 3.8) is 0 Å². The number of imidazole rings is 1. The second kappa shape index (κ2) is 5.58. The lowest BCUT2D eigenvalue weighted by Gasteiger charge is -2.17. The summed E-state index contributed by atoms with van der Waals surface area (Å²) in [5.74, 6) is 1.15. The minimum absolute atomic E-state index is 0.199. The first-order valence-electron chi connectivity index (χ1n) is 8.68. The molecule has 0 N–H and O–H groups in total. The molecular formula is C17H19N7O. The highest BCUT2D eigenvalue weighted by molar-refractivity contribution is 5.95. The molecule has 2 aliphatic rings. The van der Waals surface area contributed by atoms with Crippen molar-refractivity contribution in [1.82, 2.24) is 24.4 Å². The third-order valence-corrected chi connectivity index (χ3v) is 5.08. The number of hydrogen-bond donors (Lipinski definition) is 0. The molecule has 1 atom stereocenters. The normalized spacial score (nSPS) is 21.0. The summed E-state index contributed by atoms with van der Waals surface area (Å²) in [4.78, 5) is 20.2. The monoisotopic (exact) mass is 337 g/mol. The van der Waals surface area contributed by atoms with Crippen molar-refractivity contribution in [3.8, 4) is 0 Å². The number of hydrogen-bond acceptors (Lipinski definition) is 5. The number of fused-ring (bicyclic) bond motifs is 1. The van der Waals surface area contributed by atoms with Crippen molar-refractivity contribution >= 4 is 23.1 Å². The number of nitrogens with zero attached hydrogens (tertiary/aromatic N) is 7. The first-order chi connectivity index (χ1) is 12.3. The fourth-order valence-corrected chi connectivity index (χ4v) is 3.73. The van der Waals surface area contributed by atoms with E-state index in [0.717, 1.165) is 49.6 Å². The molecule has 8 heteroatoms. The quantitative estimate of drug-likeness (QED) is 0.724. The highest BCUT2D eigenvalue weighted by Gasteiger charge is 2.28. The van der Waals surface area contributed by atoms with Crippen LogP contribution in [0.4, 0.5) is 11.5 Å². The molecule has 0 saturated carbocycles. The Morgan fingerprint density at radius 2 is 2.16 bits per heavy atom. The van der Waals surface area contributed by atoms with Crippen molar-refractivity contribution in [2.45, 2.75) is 25.3 Å². The summed E-state index contributed by atoms with van der Waals surface area (Å²) in [7, 11) is 0. The molecule has 5 rings (SSSR count). The van der Waals surface area contributed by atoms with Gasteiger partial charge in [-0.25, -0.2) is 9.50 Å². The molecule has 0 spiro atoms. The largest absolute Gasteiger partial charge is 0.353 e. The summed E-state index contributed by atoms with van der Waals surface area (Å²) in [5.41, 5.74) is 1.77. The fourth-order valence-electron chi connectivity index (χ4n) is 3.73. The Hall–Kier alpha value is -2.90. The molecule has 128 valence electrons. The first kappa shape index (κ1) is 14.4. The minimum atomic E-state index is 0.199. The molecule has 0 bridgehead atoms. The van der Waals surface area contributed by atoms with Crippen LogP contribution in [-0.4, -0.2) is 49.9 Å². The molecule has 0 radical (unpaired) electrons. The lowest BCUT2D eigenvalue weighted by Crippen LogP contribution is -2.23. The molecule has 2 fully saturated rings. The van der Waals surface area contributed by atoms with Crippen LogP contribution in [0, 0.1) is 0 Å². The predicted octanol–water partition coefficient (Wildman–Crippen LogP) is 1.50. The fraction of sp³-hybridized carbons (Fsp3) is 0.412. The van der Waals surface area contributed by atoms with E-state index in [0.29, 0.717) is 12.5 Å². The number of rotatable bonds is 3. The lowest BCUT2D eigenvalue weighted by molar-refractivity contribution is -0.117. The van der Waals surface area contributed by atoms with Gasteiger partial charge in [-0.1, -0.05) is 0 Å². The van der Waals surface area contributed by atoms with Gasteiger partial charge in [0.15, 0.2) is 5.65 Å². The summed E-state index contributed by atoms with van der Waals surface area (Å²) in [6.45, 7) is 2.61. The molecule has 0 aromatic carbocycles. The van der Waals surface area contributed by atoms with Crippen LogP contribution in [0.25, 0.3) is 5.65 Å². The Kier molecular flexibility index (Phi) is 3.22. The third kappa shape index (κ3) is 2.45. The first-order valence-corrected chi connectivity index (χ1v) is 8.68. The van der Waals surface area contributed by atoms with Crippen LogP contribution in [0.5, 0.6) is 0 Å². The van der Waals surface area contributed by atoms with E-state index in [1.807, 2.05) is 40.3 Å². The average molecular weight is 337 g/mol. The molecule has 2 aliphatic heterocycles. The zero-order valence-electron chi connectivity index (χ0n) is 13.8. The Labute approximate surface area is 144 Å². The van der Waals surface area contributed by atoms with Crippen LogP contribution in [0.15, 0.2) is 36.9 Å². The molecule has 1 unspecified atom stereocenters. The van der Waals surface area contributed by atoms with Crippen LogP contribution < -0.4 is 9.80 Å². The van der Waals surface area contributed by atoms with Gasteiger partial charge in [0.05, 0.1) is 17.9 Å². The van der Waals surface area contributed by atoms with E-state index in [-0.39, 0.29) is 5.91 Å². The summed E-state index contributed by atoms with van der Waals surface area (Å²) in [6.07, 6.45) is 10.0. The molecule has 1 amide bonds. The van der Waals surface area contributed by atoms with E-state index < -0.39 is 0 Å². The van der Waals surface area contributed by atoms with Gasteiger partial charge in [0.2, 0.25) is 5.91 Å². The van der Waals surface area contributed by atoms with Crippen LogP contribution in [-0.2, 0) is 4.79 Å². The maximum Gasteiger partial charge on any atom is 0.227 e. The van der Waals surface area contributed by atoms with Crippen molar-refractivity contribution in [1.29, 1.82) is 0 Å². The van der Waals surface area contributed by atoms with E-state index in [1.165, 1.54) is 0 Å². The molecule has 25 heavy (non-hydrogen) atoms. The summed E-state index contributed by atoms with van der Waals surface area (Å²) in [5, 5.41) is 9.13. The predicted molar refractivity (Wildman–Crippen MR) is 92.7 cm³/mol. The van der Waals surface area contributed by atoms with Gasteiger partial charge in [0, 0.05) is 44.6 Å². The van der Waals surface area contributed by atoms with Crippen molar-refractivity contribution in [2.24, 2.45) is 0 Å². The third-order valence-electron chi connectivity index (χ3n) is 5.08. The van der Waals surface area contributed by atoms with Crippen LogP contribution in [0.1, 0.15) is 25.3 Å². The van der Waals surface area contributed by atoms with Crippen LogP contribution >= 0.6 is 0 Å². The standard InChI is InChI=1S/C17H19N7O/c25-17-2-1-7-22(17)14-10-19-24(12-14)13-5-8-21(11-13)16-4-3-15-18-6-9-23(15)20-16/h3-4,6,9-10,12-13H,1-2,5,7-8,11H2. The number of amides is 1. The van der Waals surface area contributed by atoms with Gasteiger partial charge < -0.3 is 9.80 Å². The summed E-state index contributed by atoms with van der Waals surface area (Å²) < 4.78 is 3.80. The lowest BCUT2D eigenvalue weighted by atomic mass is 10.3. The summed E-state index contributed by atoms with van der Waals surface area (Å²) >= 11 is 0. The van der Waals surface area contributed by atoms with Gasteiger partial charge in [-0.2, -0.15) is 5.10 Å². The molecule has 2 saturated heterocycles. The number of carbonyl (C=O) groups is 1. The zero-order valence-corrected chi connectivity index (χ0v) is 13.8. The van der Waals surface area contributed by atoms with Gasteiger partial charge >= 0.3 is 0 Å². The SMILES string of the molecule is O=C1CCCN1c1cnn(C2CCN(c3ccc4nccn4n3)C2)c1. The molecular weight excluding hydrogens is 318 g/mol. The molecule has 3 aromatic heterocycles. The van der Waals surface area contributed by atoms with Crippen molar-refractivity contribution in [3.05, 3.63) is 36.9 Å². The Morgan fingerprint density at radius 1 is 1.20 bits per heavy atom. The molecule has 0 aliphatic carbocycles. The number of aromatic nitrogens is 5. The van der Waals surface area contributed by atoms with Crippen LogP contribution in [0.2, 0.25) is 0 Å². The van der Waals surface area contributed by atoms with E-state index in [2.05, 4.69) is 20.1 Å². The topological polar surface area (TPSA) is 71.6 Å². The van der Waals surface area contributed by atoms with Gasteiger partial charge in [-0.3, -0.25) is 9.48 Å². The maximum absolute atomic E-state index is 11.9.